The Morgan fingerprint density at radius 3 is 2.67 bits per heavy atom. The maximum Gasteiger partial charge on any atom is 0.103 e. The Morgan fingerprint density at radius 1 is 1.17 bits per heavy atom. The SMILES string of the molecule is Cc1ccc(CC(Br)CCc2ccco2)cc1C. The molecule has 1 nitrogen and oxygen atoms in total. The second-order valence-electron chi connectivity index (χ2n) is 4.84. The molecule has 0 bridgehead atoms. The minimum atomic E-state index is 0.504. The molecule has 0 radical (unpaired) electrons. The Morgan fingerprint density at radius 2 is 2.00 bits per heavy atom. The minimum absolute atomic E-state index is 0.504. The second kappa shape index (κ2) is 6.24. The molecule has 0 saturated carbocycles. The molecule has 1 unspecified atom stereocenters. The molecule has 1 heterocycles. The van der Waals surface area contributed by atoms with E-state index in [1.165, 1.54) is 16.7 Å². The maximum atomic E-state index is 5.35. The van der Waals surface area contributed by atoms with E-state index in [1.807, 2.05) is 12.1 Å². The Kier molecular flexibility index (Phi) is 4.65. The van der Waals surface area contributed by atoms with Crippen LogP contribution in [0.1, 0.15) is 28.9 Å². The summed E-state index contributed by atoms with van der Waals surface area (Å²) in [5.41, 5.74) is 4.14. The van der Waals surface area contributed by atoms with Gasteiger partial charge in [0.2, 0.25) is 0 Å². The molecule has 0 spiro atoms. The van der Waals surface area contributed by atoms with E-state index in [0.29, 0.717) is 4.83 Å². The predicted octanol–water partition coefficient (Wildman–Crippen LogP) is 4.84. The van der Waals surface area contributed by atoms with Crippen LogP contribution in [0.15, 0.2) is 41.0 Å². The first-order chi connectivity index (χ1) is 8.65. The first-order valence-corrected chi connectivity index (χ1v) is 7.29. The number of rotatable bonds is 5. The number of aryl methyl sites for hydroxylation is 3. The molecule has 2 heteroatoms. The van der Waals surface area contributed by atoms with Gasteiger partial charge in [-0.1, -0.05) is 34.1 Å². The summed E-state index contributed by atoms with van der Waals surface area (Å²) in [5.74, 6) is 1.07. The molecule has 1 aromatic carbocycles. The normalized spacial score (nSPS) is 12.6. The Bertz CT molecular complexity index is 488. The fraction of sp³-hybridized carbons (Fsp3) is 0.375. The molecule has 0 fully saturated rings. The van der Waals surface area contributed by atoms with Gasteiger partial charge in [-0.2, -0.15) is 0 Å². The number of hydrogen-bond acceptors (Lipinski definition) is 1. The lowest BCUT2D eigenvalue weighted by Gasteiger charge is -2.10. The number of furan rings is 1. The zero-order valence-corrected chi connectivity index (χ0v) is 12.5. The average molecular weight is 307 g/mol. The van der Waals surface area contributed by atoms with Gasteiger partial charge in [-0.25, -0.2) is 0 Å². The molecular formula is C16H19BrO. The van der Waals surface area contributed by atoms with Crippen LogP contribution in [0.25, 0.3) is 0 Å². The van der Waals surface area contributed by atoms with E-state index >= 15 is 0 Å². The van der Waals surface area contributed by atoms with Crippen molar-refractivity contribution in [2.45, 2.75) is 37.9 Å². The molecule has 96 valence electrons. The van der Waals surface area contributed by atoms with Crippen LogP contribution in [-0.2, 0) is 12.8 Å². The molecule has 0 aliphatic carbocycles. The first-order valence-electron chi connectivity index (χ1n) is 6.38. The van der Waals surface area contributed by atoms with Crippen LogP contribution in [-0.4, -0.2) is 4.83 Å². The zero-order chi connectivity index (χ0) is 13.0. The summed E-state index contributed by atoms with van der Waals surface area (Å²) in [6.45, 7) is 4.33. The van der Waals surface area contributed by atoms with Crippen molar-refractivity contribution in [1.29, 1.82) is 0 Å². The van der Waals surface area contributed by atoms with Gasteiger partial charge in [0.25, 0.3) is 0 Å². The summed E-state index contributed by atoms with van der Waals surface area (Å²) < 4.78 is 5.35. The summed E-state index contributed by atoms with van der Waals surface area (Å²) >= 11 is 3.76. The van der Waals surface area contributed by atoms with Crippen LogP contribution >= 0.6 is 15.9 Å². The second-order valence-corrected chi connectivity index (χ2v) is 6.13. The van der Waals surface area contributed by atoms with E-state index in [9.17, 15) is 0 Å². The van der Waals surface area contributed by atoms with Crippen LogP contribution in [0.5, 0.6) is 0 Å². The molecule has 0 aliphatic heterocycles. The maximum absolute atomic E-state index is 5.35. The van der Waals surface area contributed by atoms with Gasteiger partial charge in [-0.05, 0) is 55.5 Å². The molecule has 1 atom stereocenters. The van der Waals surface area contributed by atoms with Gasteiger partial charge >= 0.3 is 0 Å². The lowest BCUT2D eigenvalue weighted by atomic mass is 10.0. The van der Waals surface area contributed by atoms with E-state index in [0.717, 1.165) is 25.0 Å². The van der Waals surface area contributed by atoms with Gasteiger partial charge < -0.3 is 4.42 Å². The average Bonchev–Trinajstić information content (AvgIpc) is 2.84. The van der Waals surface area contributed by atoms with Crippen molar-refractivity contribution < 1.29 is 4.42 Å². The van der Waals surface area contributed by atoms with Crippen LogP contribution in [0.3, 0.4) is 0 Å². The highest BCUT2D eigenvalue weighted by Crippen LogP contribution is 2.18. The lowest BCUT2D eigenvalue weighted by molar-refractivity contribution is 0.500. The summed E-state index contributed by atoms with van der Waals surface area (Å²) in [5, 5.41) is 0. The number of alkyl halides is 1. The molecule has 18 heavy (non-hydrogen) atoms. The summed E-state index contributed by atoms with van der Waals surface area (Å²) in [7, 11) is 0. The Labute approximate surface area is 117 Å². The third-order valence-corrected chi connectivity index (χ3v) is 4.09. The summed E-state index contributed by atoms with van der Waals surface area (Å²) in [4.78, 5) is 0.504. The van der Waals surface area contributed by atoms with Gasteiger partial charge in [0.15, 0.2) is 0 Å². The molecule has 0 N–H and O–H groups in total. The fourth-order valence-corrected chi connectivity index (χ4v) is 2.64. The minimum Gasteiger partial charge on any atom is -0.469 e. The van der Waals surface area contributed by atoms with E-state index in [1.54, 1.807) is 6.26 Å². The number of halogens is 1. The van der Waals surface area contributed by atoms with Crippen LogP contribution in [0.2, 0.25) is 0 Å². The Hall–Kier alpha value is -1.02. The smallest absolute Gasteiger partial charge is 0.103 e. The standard InChI is InChI=1S/C16H19BrO/c1-12-5-6-14(10-13(12)2)11-15(17)7-8-16-4-3-9-18-16/h3-6,9-10,15H,7-8,11H2,1-2H3. The largest absolute Gasteiger partial charge is 0.469 e. The van der Waals surface area contributed by atoms with Crippen molar-refractivity contribution in [1.82, 2.24) is 0 Å². The molecule has 0 saturated heterocycles. The van der Waals surface area contributed by atoms with Gasteiger partial charge in [-0.3, -0.25) is 0 Å². The van der Waals surface area contributed by atoms with Crippen molar-refractivity contribution >= 4 is 15.9 Å². The first kappa shape index (κ1) is 13.4. The van der Waals surface area contributed by atoms with Gasteiger partial charge in [0.05, 0.1) is 6.26 Å². The van der Waals surface area contributed by atoms with Crippen LogP contribution in [0, 0.1) is 13.8 Å². The van der Waals surface area contributed by atoms with Crippen molar-refractivity contribution in [3.63, 3.8) is 0 Å². The fourth-order valence-electron chi connectivity index (χ4n) is 2.04. The van der Waals surface area contributed by atoms with Gasteiger partial charge in [0.1, 0.15) is 5.76 Å². The highest BCUT2D eigenvalue weighted by molar-refractivity contribution is 9.09. The summed E-state index contributed by atoms with van der Waals surface area (Å²) in [6.07, 6.45) is 4.90. The molecule has 1 aromatic heterocycles. The van der Waals surface area contributed by atoms with Crippen LogP contribution < -0.4 is 0 Å². The van der Waals surface area contributed by atoms with Crippen LogP contribution in [0.4, 0.5) is 0 Å². The van der Waals surface area contributed by atoms with E-state index in [2.05, 4.69) is 48.0 Å². The van der Waals surface area contributed by atoms with E-state index < -0.39 is 0 Å². The third kappa shape index (κ3) is 3.74. The predicted molar refractivity (Wildman–Crippen MR) is 79.4 cm³/mol. The van der Waals surface area contributed by atoms with Crippen molar-refractivity contribution in [3.05, 3.63) is 59.0 Å². The molecule has 0 amide bonds. The third-order valence-electron chi connectivity index (χ3n) is 3.31. The molecule has 2 rings (SSSR count). The molecule has 2 aromatic rings. The van der Waals surface area contributed by atoms with Crippen molar-refractivity contribution in [2.75, 3.05) is 0 Å². The highest BCUT2D eigenvalue weighted by atomic mass is 79.9. The van der Waals surface area contributed by atoms with Crippen molar-refractivity contribution in [2.24, 2.45) is 0 Å². The topological polar surface area (TPSA) is 13.1 Å². The number of hydrogen-bond donors (Lipinski definition) is 0. The highest BCUT2D eigenvalue weighted by Gasteiger charge is 2.07. The quantitative estimate of drug-likeness (QED) is 0.721. The Balaban J connectivity index is 1.86. The monoisotopic (exact) mass is 306 g/mol. The van der Waals surface area contributed by atoms with Gasteiger partial charge in [-0.15, -0.1) is 0 Å². The zero-order valence-electron chi connectivity index (χ0n) is 10.9. The molecular weight excluding hydrogens is 288 g/mol. The van der Waals surface area contributed by atoms with Crippen molar-refractivity contribution in [3.8, 4) is 0 Å². The van der Waals surface area contributed by atoms with E-state index in [-0.39, 0.29) is 0 Å². The van der Waals surface area contributed by atoms with E-state index in [4.69, 9.17) is 4.42 Å². The lowest BCUT2D eigenvalue weighted by Crippen LogP contribution is -2.04. The van der Waals surface area contributed by atoms with Gasteiger partial charge in [0, 0.05) is 11.2 Å². The summed E-state index contributed by atoms with van der Waals surface area (Å²) in [6, 6.07) is 10.7. The number of benzene rings is 1. The molecule has 0 aliphatic rings.